The summed E-state index contributed by atoms with van der Waals surface area (Å²) < 4.78 is 46.3. The molecule has 4 aromatic rings. The van der Waals surface area contributed by atoms with Crippen LogP contribution in [0.4, 0.5) is 0 Å². The van der Waals surface area contributed by atoms with E-state index in [4.69, 9.17) is 4.98 Å². The lowest BCUT2D eigenvalue weighted by atomic mass is 10.1. The first-order valence-corrected chi connectivity index (χ1v) is 16.8. The molecule has 2 aromatic heterocycles. The fourth-order valence-corrected chi connectivity index (χ4v) is 5.33. The van der Waals surface area contributed by atoms with E-state index in [0.29, 0.717) is 13.0 Å². The Morgan fingerprint density at radius 3 is 2.08 bits per heavy atom. The maximum atomic E-state index is 12.5. The van der Waals surface area contributed by atoms with Crippen molar-refractivity contribution >= 4 is 36.6 Å². The normalized spacial score (nSPS) is 11.7. The van der Waals surface area contributed by atoms with E-state index in [1.807, 2.05) is 45.0 Å². The summed E-state index contributed by atoms with van der Waals surface area (Å²) in [5.74, 6) is -0.0831. The molecule has 0 spiro atoms. The topological polar surface area (TPSA) is 128 Å². The van der Waals surface area contributed by atoms with E-state index in [2.05, 4.69) is 27.9 Å². The number of amides is 1. The highest BCUT2D eigenvalue weighted by Crippen LogP contribution is 2.24. The molecule has 0 aliphatic rings. The molecular weight excluding hydrogens is 548 g/mol. The summed E-state index contributed by atoms with van der Waals surface area (Å²) in [5.41, 5.74) is 6.87. The van der Waals surface area contributed by atoms with Crippen LogP contribution in [0.1, 0.15) is 35.3 Å². The highest BCUT2D eigenvalue weighted by molar-refractivity contribution is 7.92. The van der Waals surface area contributed by atoms with Crippen molar-refractivity contribution in [2.24, 2.45) is 0 Å². The van der Waals surface area contributed by atoms with Crippen LogP contribution in [0, 0.1) is 20.8 Å². The van der Waals surface area contributed by atoms with Gasteiger partial charge in [0.2, 0.25) is 5.91 Å². The monoisotopic (exact) mass is 584 g/mol. The molecule has 0 saturated heterocycles. The van der Waals surface area contributed by atoms with Crippen molar-refractivity contribution in [3.05, 3.63) is 82.9 Å². The molecule has 9 nitrogen and oxygen atoms in total. The van der Waals surface area contributed by atoms with E-state index in [1.54, 1.807) is 12.1 Å². The third kappa shape index (κ3) is 8.46. The largest absolute Gasteiger partial charge is 0.355 e. The lowest BCUT2D eigenvalue weighted by Crippen LogP contribution is -2.31. The molecule has 11 heteroatoms. The average Bonchev–Trinajstić information content (AvgIpc) is 3.22. The second-order valence-electron chi connectivity index (χ2n) is 9.92. The number of aromatic nitrogens is 3. The van der Waals surface area contributed by atoms with Gasteiger partial charge in [0.25, 0.3) is 0 Å². The summed E-state index contributed by atoms with van der Waals surface area (Å²) in [5, 5.41) is 2.73. The zero-order valence-electron chi connectivity index (χ0n) is 23.7. The first kappa shape index (κ1) is 31.0. The number of imidazole rings is 1. The van der Waals surface area contributed by atoms with Gasteiger partial charge in [-0.3, -0.25) is 14.3 Å². The maximum Gasteiger partial charge on any atom is 0.235 e. The summed E-state index contributed by atoms with van der Waals surface area (Å²) in [6.07, 6.45) is 3.72. The molecule has 40 heavy (non-hydrogen) atoms. The zero-order chi connectivity index (χ0) is 29.7. The average molecular weight is 585 g/mol. The Bertz CT molecular complexity index is 1700. The number of hydrogen-bond acceptors (Lipinski definition) is 7. The number of sulfone groups is 2. The lowest BCUT2D eigenvalue weighted by molar-refractivity contribution is -0.118. The van der Waals surface area contributed by atoms with Crippen LogP contribution in [0.3, 0.4) is 0 Å². The molecule has 0 bridgehead atoms. The third-order valence-electron chi connectivity index (χ3n) is 5.96. The second kappa shape index (κ2) is 12.7. The molecule has 0 saturated carbocycles. The number of hydrogen-bond donors (Lipinski definition) is 1. The van der Waals surface area contributed by atoms with Gasteiger partial charge in [0.05, 0.1) is 16.1 Å². The van der Waals surface area contributed by atoms with Crippen LogP contribution in [0.15, 0.2) is 59.5 Å². The van der Waals surface area contributed by atoms with Crippen molar-refractivity contribution < 1.29 is 21.6 Å². The molecule has 2 aromatic carbocycles. The first-order chi connectivity index (χ1) is 18.7. The summed E-state index contributed by atoms with van der Waals surface area (Å²) in [4.78, 5) is 21.7. The predicted octanol–water partition coefficient (Wildman–Crippen LogP) is 3.70. The van der Waals surface area contributed by atoms with Gasteiger partial charge in [-0.05, 0) is 63.1 Å². The van der Waals surface area contributed by atoms with Crippen molar-refractivity contribution in [2.75, 3.05) is 24.8 Å². The number of rotatable bonds is 8. The minimum Gasteiger partial charge on any atom is -0.355 e. The lowest BCUT2D eigenvalue weighted by Gasteiger charge is -2.11. The number of fused-ring (bicyclic) bond motifs is 1. The third-order valence-corrected chi connectivity index (χ3v) is 7.60. The molecule has 0 aliphatic carbocycles. The number of carbonyl (C=O) groups is 1. The minimum absolute atomic E-state index is 0.161. The van der Waals surface area contributed by atoms with E-state index in [1.165, 1.54) is 12.1 Å². The molecule has 1 N–H and O–H groups in total. The number of nitrogens with one attached hydrogen (secondary N) is 1. The fourth-order valence-electron chi connectivity index (χ4n) is 4.16. The van der Waals surface area contributed by atoms with E-state index < -0.39 is 31.3 Å². The summed E-state index contributed by atoms with van der Waals surface area (Å²) >= 11 is 0. The van der Waals surface area contributed by atoms with Crippen LogP contribution in [0.2, 0.25) is 0 Å². The van der Waals surface area contributed by atoms with Gasteiger partial charge < -0.3 is 5.32 Å². The van der Waals surface area contributed by atoms with Gasteiger partial charge in [-0.2, -0.15) is 0 Å². The Morgan fingerprint density at radius 2 is 1.50 bits per heavy atom. The molecule has 0 unspecified atom stereocenters. The highest BCUT2D eigenvalue weighted by atomic mass is 32.2. The van der Waals surface area contributed by atoms with Gasteiger partial charge >= 0.3 is 0 Å². The van der Waals surface area contributed by atoms with E-state index in [-0.39, 0.29) is 4.90 Å². The Balaban J connectivity index is 0.000000810. The standard InChI is InChI=1S/C27H30N4O3S.C2H6O2S/c1-5-25-30-27-20(4)29-19(3)16-24(27)31(25)22-10-8-21(9-11-22)14-15-28-26(32)17-35(33,34)23-12-6-18(2)7-13-23;1-5(2,3)4/h6-13,16H,5,14-15,17H2,1-4H3,(H,28,32);1-2H3. The van der Waals surface area contributed by atoms with Gasteiger partial charge in [0, 0.05) is 36.9 Å². The van der Waals surface area contributed by atoms with Crippen LogP contribution in [-0.4, -0.2) is 62.1 Å². The Morgan fingerprint density at radius 1 is 0.900 bits per heavy atom. The Kier molecular flexibility index (Phi) is 9.86. The van der Waals surface area contributed by atoms with Crippen molar-refractivity contribution in [1.82, 2.24) is 19.9 Å². The number of aryl methyl sites for hydroxylation is 4. The van der Waals surface area contributed by atoms with E-state index in [9.17, 15) is 21.6 Å². The smallest absolute Gasteiger partial charge is 0.235 e. The van der Waals surface area contributed by atoms with Crippen LogP contribution in [0.25, 0.3) is 16.7 Å². The Labute approximate surface area is 236 Å². The molecular formula is C29H36N4O5S2. The summed E-state index contributed by atoms with van der Waals surface area (Å²) in [6, 6.07) is 16.7. The number of nitrogens with zero attached hydrogens (tertiary/aromatic N) is 3. The minimum atomic E-state index is -3.66. The van der Waals surface area contributed by atoms with Crippen molar-refractivity contribution in [3.63, 3.8) is 0 Å². The predicted molar refractivity (Wildman–Crippen MR) is 158 cm³/mol. The quantitative estimate of drug-likeness (QED) is 0.334. The van der Waals surface area contributed by atoms with Gasteiger partial charge in [-0.1, -0.05) is 36.8 Å². The number of carbonyl (C=O) groups excluding carboxylic acids is 1. The molecule has 214 valence electrons. The molecule has 0 fully saturated rings. The molecule has 2 heterocycles. The summed E-state index contributed by atoms with van der Waals surface area (Å²) in [6.45, 7) is 8.30. The highest BCUT2D eigenvalue weighted by Gasteiger charge is 2.19. The van der Waals surface area contributed by atoms with Gasteiger partial charge in [-0.15, -0.1) is 0 Å². The molecule has 0 aliphatic heterocycles. The van der Waals surface area contributed by atoms with Crippen LogP contribution in [-0.2, 0) is 37.3 Å². The van der Waals surface area contributed by atoms with Crippen molar-refractivity contribution in [3.8, 4) is 5.69 Å². The van der Waals surface area contributed by atoms with Gasteiger partial charge in [0.15, 0.2) is 9.84 Å². The van der Waals surface area contributed by atoms with Gasteiger partial charge in [0.1, 0.15) is 26.9 Å². The van der Waals surface area contributed by atoms with Gasteiger partial charge in [-0.25, -0.2) is 21.8 Å². The van der Waals surface area contributed by atoms with E-state index in [0.717, 1.165) is 64.0 Å². The van der Waals surface area contributed by atoms with Crippen LogP contribution >= 0.6 is 0 Å². The molecule has 0 radical (unpaired) electrons. The van der Waals surface area contributed by atoms with E-state index >= 15 is 0 Å². The van der Waals surface area contributed by atoms with Crippen molar-refractivity contribution in [1.29, 1.82) is 0 Å². The molecule has 0 atom stereocenters. The SMILES string of the molecule is CCc1nc2c(C)nc(C)cc2n1-c1ccc(CCNC(=O)CS(=O)(=O)c2ccc(C)cc2)cc1.CS(C)(=O)=O. The first-order valence-electron chi connectivity index (χ1n) is 12.8. The fraction of sp³-hybridized carbons (Fsp3) is 0.345. The van der Waals surface area contributed by atoms with Crippen LogP contribution in [0.5, 0.6) is 0 Å². The second-order valence-corrected chi connectivity index (χ2v) is 14.2. The van der Waals surface area contributed by atoms with Crippen LogP contribution < -0.4 is 5.32 Å². The molecule has 1 amide bonds. The zero-order valence-corrected chi connectivity index (χ0v) is 25.4. The number of benzene rings is 2. The van der Waals surface area contributed by atoms with Crippen molar-refractivity contribution in [2.45, 2.75) is 45.4 Å². The maximum absolute atomic E-state index is 12.5. The summed E-state index contributed by atoms with van der Waals surface area (Å²) in [7, 11) is -6.32. The Hall–Kier alpha value is -3.57. The number of pyridine rings is 1. The molecule has 4 rings (SSSR count).